The third kappa shape index (κ3) is 79.8. The number of carbonyl (C=O) groups excluding carboxylic acids is 2. The average molecular weight is 1570 g/mol. The van der Waals surface area contributed by atoms with Crippen LogP contribution in [0.2, 0.25) is 0 Å². The van der Waals surface area contributed by atoms with Gasteiger partial charge in [0.25, 0.3) is 0 Å². The number of nitriles is 7. The lowest BCUT2D eigenvalue weighted by atomic mass is 10.2. The van der Waals surface area contributed by atoms with Gasteiger partial charge in [0.1, 0.15) is 11.2 Å². The van der Waals surface area contributed by atoms with Crippen molar-refractivity contribution < 1.29 is 19.1 Å². The first kappa shape index (κ1) is 114. The number of rotatable bonds is 70. The Labute approximate surface area is 683 Å². The van der Waals surface area contributed by atoms with Crippen LogP contribution in [0.1, 0.15) is 198 Å². The van der Waals surface area contributed by atoms with Crippen LogP contribution in [-0.2, 0) is 9.47 Å². The molecule has 0 unspecified atom stereocenters. The largest absolute Gasteiger partial charge is 0.444 e. The molecule has 0 saturated carbocycles. The molecule has 0 aromatic rings. The maximum atomic E-state index is 12.2. The Bertz CT molecular complexity index is 2300. The highest BCUT2D eigenvalue weighted by Gasteiger charge is 2.20. The topological polar surface area (TPSA) is 388 Å². The molecule has 0 aliphatic rings. The molecule has 0 aromatic heterocycles. The van der Waals surface area contributed by atoms with Gasteiger partial charge in [0.15, 0.2) is 0 Å². The summed E-state index contributed by atoms with van der Waals surface area (Å²) in [6.45, 7) is 59.5. The standard InChI is InChI=1S/C51H86N16O2.C27H62N8O2.C3H3N.2CH4/c1-51(2,3)69-50(68)60-26-8-6-7-9-29-67(48-46-65(40-16-36-61(30-10-20-52)31-11-21-53)42-18-38-63(34-14-24-56)44-27-58-4)49-47-66(41-17-37-62(32-12-22-54)33-13-23-55)43-19-39-64(35-15-25-57)45-28-59-5;1-27(2,3)37-26(36)32-16-6-4-5-7-17-35(24-22-33(18-8-12-28)19-9-13-29)25-23-34(20-10-14-30)21-11-15-31;1-2-3-4;;/h6-19,26-49H2,1-3H3,(H,60,68);4-25,28-31H2,1-3H3,(H,32,36);2H,1H2;2*1H4. The number of nitrogens with zero attached hydrogens (tertiary/aromatic N) is 19. The number of alkyl carbamates (subject to hydrolysis) is 2. The third-order valence-corrected chi connectivity index (χ3v) is 18.0. The highest BCUT2D eigenvalue weighted by Crippen LogP contribution is 2.12. The van der Waals surface area contributed by atoms with Crippen LogP contribution in [-0.4, -0.2) is 321 Å². The van der Waals surface area contributed by atoms with Crippen LogP contribution >= 0.6 is 0 Å². The van der Waals surface area contributed by atoms with Gasteiger partial charge in [-0.05, 0) is 236 Å². The fraction of sp³-hybridized carbons (Fsp3) is 0.843. The third-order valence-electron chi connectivity index (χ3n) is 18.0. The molecule has 0 spiro atoms. The van der Waals surface area contributed by atoms with E-state index in [1.54, 1.807) is 6.07 Å². The van der Waals surface area contributed by atoms with Gasteiger partial charge < -0.3 is 91.9 Å². The van der Waals surface area contributed by atoms with Crippen LogP contribution in [0.25, 0.3) is 9.69 Å². The molecule has 0 rings (SSSR count). The second-order valence-electron chi connectivity index (χ2n) is 29.6. The fourth-order valence-electron chi connectivity index (χ4n) is 12.1. The van der Waals surface area contributed by atoms with Crippen molar-refractivity contribution in [2.24, 2.45) is 22.9 Å². The van der Waals surface area contributed by atoms with Crippen molar-refractivity contribution in [1.29, 1.82) is 36.8 Å². The number of hydrogen-bond donors (Lipinski definition) is 6. The highest BCUT2D eigenvalue weighted by atomic mass is 16.6. The van der Waals surface area contributed by atoms with Gasteiger partial charge >= 0.3 is 12.2 Å². The van der Waals surface area contributed by atoms with Gasteiger partial charge in [-0.25, -0.2) is 22.7 Å². The molecule has 0 aromatic carbocycles. The summed E-state index contributed by atoms with van der Waals surface area (Å²) in [5.74, 6) is 0. The summed E-state index contributed by atoms with van der Waals surface area (Å²) >= 11 is 0. The Balaban J connectivity index is -0.000000745. The molecule has 112 heavy (non-hydrogen) atoms. The summed E-state index contributed by atoms with van der Waals surface area (Å²) in [5, 5.41) is 68.8. The molecule has 0 fully saturated rings. The van der Waals surface area contributed by atoms with Crippen LogP contribution in [0, 0.1) is 92.5 Å². The molecule has 0 bridgehead atoms. The van der Waals surface area contributed by atoms with Crippen molar-refractivity contribution in [1.82, 2.24) is 59.6 Å². The van der Waals surface area contributed by atoms with Crippen LogP contribution in [0.3, 0.4) is 0 Å². The van der Waals surface area contributed by atoms with Crippen molar-refractivity contribution in [3.63, 3.8) is 0 Å². The van der Waals surface area contributed by atoms with Crippen molar-refractivity contribution in [3.8, 4) is 42.5 Å². The summed E-state index contributed by atoms with van der Waals surface area (Å²) in [4.78, 5) is 55.2. The molecule has 0 radical (unpaired) electrons. The Morgan fingerprint density at radius 1 is 0.330 bits per heavy atom. The van der Waals surface area contributed by atoms with E-state index in [0.717, 1.165) is 273 Å². The fourth-order valence-corrected chi connectivity index (χ4v) is 12.1. The van der Waals surface area contributed by atoms with Gasteiger partial charge in [0, 0.05) is 149 Å². The number of ether oxygens (including phenoxy) is 2. The van der Waals surface area contributed by atoms with E-state index >= 15 is 0 Å². The van der Waals surface area contributed by atoms with E-state index in [4.69, 9.17) is 50.8 Å². The summed E-state index contributed by atoms with van der Waals surface area (Å²) in [6.07, 6.45) is 19.0. The molecule has 0 aliphatic carbocycles. The summed E-state index contributed by atoms with van der Waals surface area (Å²) in [6, 6.07) is 15.2. The number of allylic oxidation sites excluding steroid dienone is 1. The van der Waals surface area contributed by atoms with Crippen LogP contribution in [0.5, 0.6) is 0 Å². The van der Waals surface area contributed by atoms with Gasteiger partial charge in [-0.3, -0.25) is 9.80 Å². The van der Waals surface area contributed by atoms with Crippen molar-refractivity contribution in [2.75, 3.05) is 249 Å². The molecule has 0 atom stereocenters. The Kier molecular flexibility index (Phi) is 84.8. The minimum atomic E-state index is -0.542. The van der Waals surface area contributed by atoms with Crippen molar-refractivity contribution in [2.45, 2.75) is 209 Å². The Hall–Kier alpha value is -6.87. The first-order chi connectivity index (χ1) is 53.1. The quantitative estimate of drug-likeness (QED) is 0.0187. The maximum absolute atomic E-state index is 12.2. The Morgan fingerprint density at radius 2 is 0.518 bits per heavy atom. The number of carbonyl (C=O) groups is 2. The van der Waals surface area contributed by atoms with E-state index in [9.17, 15) is 41.2 Å². The van der Waals surface area contributed by atoms with Gasteiger partial charge in [0.05, 0.1) is 55.6 Å². The van der Waals surface area contributed by atoms with Crippen LogP contribution < -0.4 is 33.6 Å². The van der Waals surface area contributed by atoms with E-state index in [2.05, 4.69) is 112 Å². The van der Waals surface area contributed by atoms with E-state index in [1.165, 1.54) is 6.08 Å². The minimum absolute atomic E-state index is 0. The molecule has 2 amide bonds. The zero-order valence-corrected chi connectivity index (χ0v) is 69.7. The smallest absolute Gasteiger partial charge is 0.407 e. The van der Waals surface area contributed by atoms with Gasteiger partial charge in [-0.15, -0.1) is 0 Å². The highest BCUT2D eigenvalue weighted by molar-refractivity contribution is 5.67. The van der Waals surface area contributed by atoms with Crippen molar-refractivity contribution in [3.05, 3.63) is 35.5 Å². The monoisotopic (exact) mass is 1570 g/mol. The minimum Gasteiger partial charge on any atom is -0.444 e. The lowest BCUT2D eigenvalue weighted by molar-refractivity contribution is 0.0515. The summed E-state index contributed by atoms with van der Waals surface area (Å²) < 4.78 is 10.7. The van der Waals surface area contributed by atoms with Crippen molar-refractivity contribution >= 4 is 12.2 Å². The first-order valence-corrected chi connectivity index (χ1v) is 41.0. The second kappa shape index (κ2) is 83.6. The molecule has 0 aliphatic heterocycles. The molecule has 0 heterocycles. The number of hydrogen-bond acceptors (Lipinski definition) is 25. The molecule has 10 N–H and O–H groups in total. The van der Waals surface area contributed by atoms with Crippen LogP contribution in [0.4, 0.5) is 9.59 Å². The number of nitrogens with one attached hydrogen (secondary N) is 2. The molecular weight excluding hydrogens is 1410 g/mol. The number of unbranched alkanes of at least 4 members (excludes halogenated alkanes) is 6. The summed E-state index contributed by atoms with van der Waals surface area (Å²) in [5.41, 5.74) is 22.1. The van der Waals surface area contributed by atoms with Crippen LogP contribution in [0.15, 0.2) is 12.7 Å². The molecule has 640 valence electrons. The summed E-state index contributed by atoms with van der Waals surface area (Å²) in [7, 11) is 0. The lowest BCUT2D eigenvalue weighted by Gasteiger charge is -2.32. The zero-order chi connectivity index (χ0) is 82.3. The van der Waals surface area contributed by atoms with Gasteiger partial charge in [-0.1, -0.05) is 47.1 Å². The molecule has 0 saturated heterocycles. The van der Waals surface area contributed by atoms with E-state index in [0.29, 0.717) is 117 Å². The second-order valence-corrected chi connectivity index (χ2v) is 29.6. The van der Waals surface area contributed by atoms with Gasteiger partial charge in [0.2, 0.25) is 13.1 Å². The number of nitrogens with two attached hydrogens (primary N) is 4. The molecule has 29 heteroatoms. The van der Waals surface area contributed by atoms with E-state index < -0.39 is 17.3 Å². The average Bonchev–Trinajstić information content (AvgIpc) is 0.949. The zero-order valence-electron chi connectivity index (χ0n) is 69.7. The van der Waals surface area contributed by atoms with E-state index in [1.807, 2.05) is 41.5 Å². The van der Waals surface area contributed by atoms with Gasteiger partial charge in [-0.2, -0.15) is 36.8 Å². The SMILES string of the molecule is C.C.C=CC#N.CC(C)(C)OC(=O)NCCCCCCN(CCN(CCCN)CCCN)CCN(CCCN)CCCN.[C-]#[N+]CCN(CCC#N)CCCN(CCCN(CCC#N)CCC#N)CCN(CCCCCCNC(=O)OC(C)(C)C)CCN(CCCN(CCC#N)CCC#N)CCCN(CCC#N)CC[N+]#[C-]. The molecule has 29 nitrogen and oxygen atoms in total. The van der Waals surface area contributed by atoms with E-state index in [-0.39, 0.29) is 20.9 Å². The first-order valence-electron chi connectivity index (χ1n) is 41.0. The Morgan fingerprint density at radius 3 is 0.714 bits per heavy atom. The predicted molar refractivity (Wildman–Crippen MR) is 457 cm³/mol. The predicted octanol–water partition coefficient (Wildman–Crippen LogP) is 9.41. The normalized spacial score (nSPS) is 11.1. The molecular formula is C83H159N25O4. The number of amides is 2. The maximum Gasteiger partial charge on any atom is 0.407 e. The lowest BCUT2D eigenvalue weighted by Crippen LogP contribution is -2.42.